The quantitative estimate of drug-likeness (QED) is 0.355. The van der Waals surface area contributed by atoms with Crippen LogP contribution < -0.4 is 5.73 Å². The van der Waals surface area contributed by atoms with Gasteiger partial charge in [0.1, 0.15) is 6.04 Å². The molecule has 0 amide bonds. The number of carboxylic acids is 3. The molecule has 0 radical (unpaired) electrons. The lowest BCUT2D eigenvalue weighted by atomic mass is 9.90. The lowest BCUT2D eigenvalue weighted by Crippen LogP contribution is -2.46. The third kappa shape index (κ3) is 4.24. The minimum Gasteiger partial charge on any atom is -0.481 e. The van der Waals surface area contributed by atoms with Gasteiger partial charge >= 0.3 is 17.9 Å². The summed E-state index contributed by atoms with van der Waals surface area (Å²) >= 11 is 0. The number of nitrogens with two attached hydrogens (primary N) is 1. The minimum absolute atomic E-state index is 0.588. The Morgan fingerprint density at radius 3 is 2.00 bits per heavy atom. The molecule has 0 unspecified atom stereocenters. The van der Waals surface area contributed by atoms with E-state index in [0.717, 1.165) is 0 Å². The number of aliphatic carboxylic acids is 3. The van der Waals surface area contributed by atoms with Gasteiger partial charge in [-0.1, -0.05) is 0 Å². The van der Waals surface area contributed by atoms with Crippen LogP contribution in [0.4, 0.5) is 0 Å². The number of aliphatic hydroxyl groups is 1. The Balaban J connectivity index is 4.63. The molecule has 8 nitrogen and oxygen atoms in total. The fourth-order valence-electron chi connectivity index (χ4n) is 1.06. The van der Waals surface area contributed by atoms with Crippen molar-refractivity contribution in [2.75, 3.05) is 0 Å². The molecule has 0 aromatic carbocycles. The van der Waals surface area contributed by atoms with Crippen LogP contribution in [-0.4, -0.2) is 50.0 Å². The van der Waals surface area contributed by atoms with Crippen LogP contribution in [0.15, 0.2) is 0 Å². The van der Waals surface area contributed by atoms with Crippen molar-refractivity contribution in [1.29, 1.82) is 0 Å². The van der Waals surface area contributed by atoms with E-state index in [1.165, 1.54) is 0 Å². The van der Waals surface area contributed by atoms with Crippen LogP contribution in [0.5, 0.6) is 0 Å². The molecule has 0 spiro atoms. The van der Waals surface area contributed by atoms with E-state index in [-0.39, 0.29) is 0 Å². The second-order valence-electron chi connectivity index (χ2n) is 3.38. The fourth-order valence-corrected chi connectivity index (χ4v) is 1.06. The highest BCUT2D eigenvalue weighted by Crippen LogP contribution is 2.19. The molecule has 16 heavy (non-hydrogen) atoms. The van der Waals surface area contributed by atoms with Crippen molar-refractivity contribution < 1.29 is 34.8 Å². The first-order chi connectivity index (χ1) is 7.19. The van der Waals surface area contributed by atoms with Crippen molar-refractivity contribution in [3.63, 3.8) is 0 Å². The lowest BCUT2D eigenvalue weighted by Gasteiger charge is -2.24. The molecule has 0 heterocycles. The lowest BCUT2D eigenvalue weighted by molar-refractivity contribution is -0.162. The van der Waals surface area contributed by atoms with E-state index in [1.807, 2.05) is 0 Å². The van der Waals surface area contributed by atoms with Crippen LogP contribution in [0.3, 0.4) is 0 Å². The average Bonchev–Trinajstić information content (AvgIpc) is 2.14. The molecule has 0 aromatic rings. The zero-order chi connectivity index (χ0) is 12.9. The van der Waals surface area contributed by atoms with Crippen LogP contribution in [0.2, 0.25) is 0 Å². The first-order valence-electron chi connectivity index (χ1n) is 4.35. The number of carboxylic acid groups (broad SMARTS) is 3. The predicted molar refractivity (Wildman–Crippen MR) is 49.7 cm³/mol. The summed E-state index contributed by atoms with van der Waals surface area (Å²) in [5.41, 5.74) is 2.64. The van der Waals surface area contributed by atoms with Gasteiger partial charge in [-0.05, 0) is 6.42 Å². The Labute approximate surface area is 90.3 Å². The molecule has 92 valence electrons. The molecule has 0 saturated heterocycles. The number of rotatable bonds is 7. The third-order valence-corrected chi connectivity index (χ3v) is 2.03. The Morgan fingerprint density at radius 2 is 1.69 bits per heavy atom. The molecule has 8 heteroatoms. The van der Waals surface area contributed by atoms with Crippen molar-refractivity contribution in [3.05, 3.63) is 0 Å². The SMILES string of the molecule is N[C@@H](C[C@@](O)(CCC(=O)O)C(=O)O)C(=O)O. The molecule has 0 fully saturated rings. The first kappa shape index (κ1) is 14.3. The molecular weight excluding hydrogens is 222 g/mol. The summed E-state index contributed by atoms with van der Waals surface area (Å²) in [6, 6.07) is -1.56. The van der Waals surface area contributed by atoms with Gasteiger partial charge in [0.2, 0.25) is 0 Å². The van der Waals surface area contributed by atoms with Crippen LogP contribution in [0.1, 0.15) is 19.3 Å². The second kappa shape index (κ2) is 5.42. The van der Waals surface area contributed by atoms with Crippen LogP contribution in [0, 0.1) is 0 Å². The number of carbonyl (C=O) groups is 3. The van der Waals surface area contributed by atoms with Gasteiger partial charge in [0.25, 0.3) is 0 Å². The van der Waals surface area contributed by atoms with Gasteiger partial charge in [0.15, 0.2) is 5.60 Å². The molecule has 0 saturated carbocycles. The molecule has 0 bridgehead atoms. The maximum absolute atomic E-state index is 10.7. The summed E-state index contributed by atoms with van der Waals surface area (Å²) in [6.45, 7) is 0. The van der Waals surface area contributed by atoms with Gasteiger partial charge in [-0.15, -0.1) is 0 Å². The standard InChI is InChI=1S/C8H13NO7/c9-4(6(12)13)3-8(16,7(14)15)2-1-5(10)11/h4,16H,1-3,9H2,(H,10,11)(H,12,13)(H,14,15)/t4-,8-/m0/s1. The highest BCUT2D eigenvalue weighted by molar-refractivity contribution is 5.80. The summed E-state index contributed by atoms with van der Waals surface area (Å²) < 4.78 is 0. The van der Waals surface area contributed by atoms with Gasteiger partial charge in [-0.2, -0.15) is 0 Å². The molecule has 0 rings (SSSR count). The maximum Gasteiger partial charge on any atom is 0.335 e. The highest BCUT2D eigenvalue weighted by atomic mass is 16.4. The number of hydrogen-bond donors (Lipinski definition) is 5. The van der Waals surface area contributed by atoms with E-state index in [4.69, 9.17) is 21.1 Å². The summed E-state index contributed by atoms with van der Waals surface area (Å²) in [5.74, 6) is -4.44. The van der Waals surface area contributed by atoms with E-state index in [0.29, 0.717) is 0 Å². The molecule has 0 aliphatic rings. The monoisotopic (exact) mass is 235 g/mol. The van der Waals surface area contributed by atoms with E-state index in [1.54, 1.807) is 0 Å². The fraction of sp³-hybridized carbons (Fsp3) is 0.625. The second-order valence-corrected chi connectivity index (χ2v) is 3.38. The summed E-state index contributed by atoms with van der Waals surface area (Å²) in [5, 5.41) is 35.0. The Kier molecular flexibility index (Phi) is 4.86. The summed E-state index contributed by atoms with van der Waals surface area (Å²) in [7, 11) is 0. The maximum atomic E-state index is 10.7. The molecule has 0 aliphatic heterocycles. The Hall–Kier alpha value is -1.67. The van der Waals surface area contributed by atoms with Crippen molar-refractivity contribution in [1.82, 2.24) is 0 Å². The minimum atomic E-state index is -2.43. The smallest absolute Gasteiger partial charge is 0.335 e. The summed E-state index contributed by atoms with van der Waals surface area (Å²) in [4.78, 5) is 31.3. The van der Waals surface area contributed by atoms with Crippen molar-refractivity contribution >= 4 is 17.9 Å². The van der Waals surface area contributed by atoms with E-state index >= 15 is 0 Å². The molecule has 2 atom stereocenters. The largest absolute Gasteiger partial charge is 0.481 e. The van der Waals surface area contributed by atoms with E-state index in [2.05, 4.69) is 0 Å². The van der Waals surface area contributed by atoms with Gasteiger partial charge in [0, 0.05) is 12.8 Å². The van der Waals surface area contributed by atoms with Gasteiger partial charge in [-0.25, -0.2) is 4.79 Å². The van der Waals surface area contributed by atoms with Crippen molar-refractivity contribution in [2.45, 2.75) is 30.9 Å². The van der Waals surface area contributed by atoms with Gasteiger partial charge in [0.05, 0.1) is 0 Å². The topological polar surface area (TPSA) is 158 Å². The van der Waals surface area contributed by atoms with Gasteiger partial charge < -0.3 is 26.2 Å². The zero-order valence-electron chi connectivity index (χ0n) is 8.29. The summed E-state index contributed by atoms with van der Waals surface area (Å²) in [6.07, 6.45) is -1.93. The Morgan fingerprint density at radius 1 is 1.19 bits per heavy atom. The van der Waals surface area contributed by atoms with Crippen LogP contribution in [-0.2, 0) is 14.4 Å². The molecule has 0 aromatic heterocycles. The predicted octanol–water partition coefficient (Wildman–Crippen LogP) is -1.53. The number of hydrogen-bond acceptors (Lipinski definition) is 5. The highest BCUT2D eigenvalue weighted by Gasteiger charge is 2.39. The zero-order valence-corrected chi connectivity index (χ0v) is 8.29. The molecule has 6 N–H and O–H groups in total. The van der Waals surface area contributed by atoms with E-state index in [9.17, 15) is 19.5 Å². The van der Waals surface area contributed by atoms with Crippen LogP contribution >= 0.6 is 0 Å². The normalized spacial score (nSPS) is 16.1. The van der Waals surface area contributed by atoms with Crippen LogP contribution in [0.25, 0.3) is 0 Å². The Bertz CT molecular complexity index is 303. The molecule has 0 aliphatic carbocycles. The van der Waals surface area contributed by atoms with Crippen molar-refractivity contribution in [3.8, 4) is 0 Å². The van der Waals surface area contributed by atoms with Gasteiger partial charge in [-0.3, -0.25) is 9.59 Å². The average molecular weight is 235 g/mol. The molecular formula is C8H13NO7. The van der Waals surface area contributed by atoms with Crippen molar-refractivity contribution in [2.24, 2.45) is 5.73 Å². The third-order valence-electron chi connectivity index (χ3n) is 2.03. The first-order valence-corrected chi connectivity index (χ1v) is 4.35. The van der Waals surface area contributed by atoms with E-state index < -0.39 is 48.8 Å².